The van der Waals surface area contributed by atoms with Crippen LogP contribution < -0.4 is 0 Å². The second-order valence-corrected chi connectivity index (χ2v) is 4.53. The van der Waals surface area contributed by atoms with Crippen molar-refractivity contribution in [2.24, 2.45) is 5.92 Å². The van der Waals surface area contributed by atoms with Crippen LogP contribution in [0.1, 0.15) is 32.1 Å². The molecule has 14 heavy (non-hydrogen) atoms. The van der Waals surface area contributed by atoms with E-state index in [9.17, 15) is 4.79 Å². The molecule has 0 heterocycles. The largest absolute Gasteiger partial charge is 0.343 e. The van der Waals surface area contributed by atoms with Crippen molar-refractivity contribution in [2.75, 3.05) is 20.2 Å². The molecule has 0 aromatic carbocycles. The van der Waals surface area contributed by atoms with Crippen LogP contribution in [-0.2, 0) is 7.86 Å². The standard InChI is InChI=1S/C10H18INO2/c1-12(7-8-14-11)10(13)9-5-3-2-4-6-9/h9H,2-8H2,1H3. The Bertz CT molecular complexity index is 181. The molecule has 1 fully saturated rings. The summed E-state index contributed by atoms with van der Waals surface area (Å²) in [7, 11) is 1.87. The minimum Gasteiger partial charge on any atom is -0.343 e. The molecule has 4 heteroatoms. The number of carbonyl (C=O) groups excluding carboxylic acids is 1. The van der Waals surface area contributed by atoms with E-state index in [1.165, 1.54) is 19.3 Å². The first-order valence-corrected chi connectivity index (χ1v) is 6.12. The van der Waals surface area contributed by atoms with Crippen LogP contribution in [-0.4, -0.2) is 31.0 Å². The molecule has 0 spiro atoms. The Labute approximate surface area is 99.9 Å². The number of likely N-dealkylation sites (N-methyl/N-ethyl adjacent to an activating group) is 1. The summed E-state index contributed by atoms with van der Waals surface area (Å²) >= 11 is 1.86. The van der Waals surface area contributed by atoms with Crippen LogP contribution in [0.4, 0.5) is 0 Å². The summed E-state index contributed by atoms with van der Waals surface area (Å²) in [4.78, 5) is 13.7. The molecule has 0 aromatic heterocycles. The fraction of sp³-hybridized carbons (Fsp3) is 0.900. The molecule has 3 nitrogen and oxygen atoms in total. The zero-order chi connectivity index (χ0) is 10.4. The highest BCUT2D eigenvalue weighted by Gasteiger charge is 2.23. The van der Waals surface area contributed by atoms with Crippen molar-refractivity contribution in [2.45, 2.75) is 32.1 Å². The molecule has 0 unspecified atom stereocenters. The average Bonchev–Trinajstić information content (AvgIpc) is 2.26. The van der Waals surface area contributed by atoms with E-state index >= 15 is 0 Å². The Morgan fingerprint density at radius 2 is 2.07 bits per heavy atom. The fourth-order valence-electron chi connectivity index (χ4n) is 1.94. The van der Waals surface area contributed by atoms with E-state index in [1.54, 1.807) is 4.90 Å². The van der Waals surface area contributed by atoms with E-state index in [4.69, 9.17) is 3.07 Å². The molecule has 1 amide bonds. The van der Waals surface area contributed by atoms with Gasteiger partial charge in [0.15, 0.2) is 0 Å². The maximum Gasteiger partial charge on any atom is 0.225 e. The van der Waals surface area contributed by atoms with E-state index in [-0.39, 0.29) is 5.92 Å². The third-order valence-corrected chi connectivity index (χ3v) is 3.27. The minimum atomic E-state index is 0.281. The van der Waals surface area contributed by atoms with E-state index in [0.29, 0.717) is 19.1 Å². The Kier molecular flexibility index (Phi) is 5.77. The normalized spacial score (nSPS) is 18.1. The zero-order valence-corrected chi connectivity index (χ0v) is 10.8. The fourth-order valence-corrected chi connectivity index (χ4v) is 2.14. The van der Waals surface area contributed by atoms with Gasteiger partial charge in [0.2, 0.25) is 5.91 Å². The van der Waals surface area contributed by atoms with E-state index in [0.717, 1.165) is 12.8 Å². The van der Waals surface area contributed by atoms with Crippen molar-refractivity contribution in [3.63, 3.8) is 0 Å². The molecule has 0 atom stereocenters. The second-order valence-electron chi connectivity index (χ2n) is 3.91. The molecule has 0 radical (unpaired) electrons. The van der Waals surface area contributed by atoms with Crippen LogP contribution in [0.15, 0.2) is 0 Å². The van der Waals surface area contributed by atoms with E-state index in [1.807, 2.05) is 30.1 Å². The van der Waals surface area contributed by atoms with E-state index in [2.05, 4.69) is 0 Å². The zero-order valence-electron chi connectivity index (χ0n) is 8.67. The molecule has 1 aliphatic rings. The summed E-state index contributed by atoms with van der Waals surface area (Å²) in [6, 6.07) is 0. The van der Waals surface area contributed by atoms with Crippen molar-refractivity contribution < 1.29 is 7.86 Å². The molecule has 0 aromatic rings. The van der Waals surface area contributed by atoms with Crippen LogP contribution in [0.3, 0.4) is 0 Å². The number of amides is 1. The topological polar surface area (TPSA) is 29.5 Å². The number of halogens is 1. The highest BCUT2D eigenvalue weighted by atomic mass is 127. The molecule has 1 aliphatic carbocycles. The Balaban J connectivity index is 2.30. The Morgan fingerprint density at radius 3 is 2.64 bits per heavy atom. The first kappa shape index (κ1) is 12.2. The van der Waals surface area contributed by atoms with Crippen molar-refractivity contribution in [3.8, 4) is 0 Å². The van der Waals surface area contributed by atoms with E-state index < -0.39 is 0 Å². The predicted octanol–water partition coefficient (Wildman–Crippen LogP) is 2.39. The molecule has 1 rings (SSSR count). The molecule has 82 valence electrons. The average molecular weight is 311 g/mol. The molecular weight excluding hydrogens is 293 g/mol. The lowest BCUT2D eigenvalue weighted by molar-refractivity contribution is -0.135. The quantitative estimate of drug-likeness (QED) is 0.746. The Morgan fingerprint density at radius 1 is 1.43 bits per heavy atom. The third-order valence-electron chi connectivity index (χ3n) is 2.83. The van der Waals surface area contributed by atoms with Gasteiger partial charge in [0.1, 0.15) is 23.0 Å². The summed E-state index contributed by atoms with van der Waals surface area (Å²) in [6.45, 7) is 1.33. The lowest BCUT2D eigenvalue weighted by Gasteiger charge is -2.26. The van der Waals surface area contributed by atoms with Crippen LogP contribution in [0.2, 0.25) is 0 Å². The van der Waals surface area contributed by atoms with Gasteiger partial charge in [-0.1, -0.05) is 19.3 Å². The highest BCUT2D eigenvalue weighted by Crippen LogP contribution is 2.24. The van der Waals surface area contributed by atoms with Gasteiger partial charge in [-0.05, 0) is 12.8 Å². The first-order chi connectivity index (χ1) is 6.75. The minimum absolute atomic E-state index is 0.281. The molecule has 0 bridgehead atoms. The van der Waals surface area contributed by atoms with Gasteiger partial charge in [-0.2, -0.15) is 0 Å². The van der Waals surface area contributed by atoms with Crippen LogP contribution in [0.25, 0.3) is 0 Å². The number of hydrogen-bond acceptors (Lipinski definition) is 2. The second kappa shape index (κ2) is 6.61. The van der Waals surface area contributed by atoms with Gasteiger partial charge in [0.25, 0.3) is 0 Å². The first-order valence-electron chi connectivity index (χ1n) is 5.24. The number of rotatable bonds is 4. The predicted molar refractivity (Wildman–Crippen MR) is 64.2 cm³/mol. The molecular formula is C10H18INO2. The van der Waals surface area contributed by atoms with Gasteiger partial charge in [-0.25, -0.2) is 0 Å². The van der Waals surface area contributed by atoms with Gasteiger partial charge in [0, 0.05) is 19.5 Å². The lowest BCUT2D eigenvalue weighted by Crippen LogP contribution is -2.35. The molecule has 0 saturated heterocycles. The van der Waals surface area contributed by atoms with Crippen LogP contribution in [0, 0.1) is 5.92 Å². The van der Waals surface area contributed by atoms with Gasteiger partial charge in [0.05, 0.1) is 6.61 Å². The number of carbonyl (C=O) groups is 1. The monoisotopic (exact) mass is 311 g/mol. The van der Waals surface area contributed by atoms with Gasteiger partial charge in [-0.15, -0.1) is 0 Å². The van der Waals surface area contributed by atoms with Gasteiger partial charge >= 0.3 is 0 Å². The van der Waals surface area contributed by atoms with Crippen molar-refractivity contribution >= 4 is 28.9 Å². The molecule has 0 aliphatic heterocycles. The van der Waals surface area contributed by atoms with Crippen LogP contribution in [0.5, 0.6) is 0 Å². The van der Waals surface area contributed by atoms with Crippen LogP contribution >= 0.6 is 23.0 Å². The van der Waals surface area contributed by atoms with Crippen molar-refractivity contribution in [3.05, 3.63) is 0 Å². The third kappa shape index (κ3) is 3.73. The molecule has 0 N–H and O–H groups in total. The summed E-state index contributed by atoms with van der Waals surface area (Å²) in [5.74, 6) is 0.584. The summed E-state index contributed by atoms with van der Waals surface area (Å²) < 4.78 is 4.93. The van der Waals surface area contributed by atoms with Crippen molar-refractivity contribution in [1.82, 2.24) is 4.90 Å². The lowest BCUT2D eigenvalue weighted by atomic mass is 9.88. The maximum absolute atomic E-state index is 11.9. The smallest absolute Gasteiger partial charge is 0.225 e. The number of hydrogen-bond donors (Lipinski definition) is 0. The van der Waals surface area contributed by atoms with Gasteiger partial charge in [-0.3, -0.25) is 4.79 Å². The maximum atomic E-state index is 11.9. The highest BCUT2D eigenvalue weighted by molar-refractivity contribution is 14.1. The van der Waals surface area contributed by atoms with Crippen molar-refractivity contribution in [1.29, 1.82) is 0 Å². The number of nitrogens with zero attached hydrogens (tertiary/aromatic N) is 1. The molecule has 1 saturated carbocycles. The van der Waals surface area contributed by atoms with Gasteiger partial charge < -0.3 is 7.97 Å². The summed E-state index contributed by atoms with van der Waals surface area (Å²) in [6.07, 6.45) is 5.88. The SMILES string of the molecule is CN(CCOI)C(=O)C1CCCCC1. The Hall–Kier alpha value is 0.160. The summed E-state index contributed by atoms with van der Waals surface area (Å²) in [5, 5.41) is 0. The summed E-state index contributed by atoms with van der Waals surface area (Å²) in [5.41, 5.74) is 0.